The number of nitrogens with one attached hydrogen (secondary N) is 1. The lowest BCUT2D eigenvalue weighted by atomic mass is 9.79. The molecule has 3 heterocycles. The monoisotopic (exact) mass is 335 g/mol. The third-order valence-electron chi connectivity index (χ3n) is 4.35. The molecule has 8 heteroatoms. The van der Waals surface area contributed by atoms with E-state index < -0.39 is 11.9 Å². The molecule has 0 aliphatic carbocycles. The van der Waals surface area contributed by atoms with Gasteiger partial charge in [0.05, 0.1) is 11.9 Å². The number of alkyl halides is 3. The van der Waals surface area contributed by atoms with Gasteiger partial charge in [-0.05, 0) is 31.5 Å². The Bertz CT molecular complexity index is 541. The lowest BCUT2D eigenvalue weighted by Crippen LogP contribution is -2.47. The number of anilines is 1. The number of pyridine rings is 1. The van der Waals surface area contributed by atoms with E-state index in [-0.39, 0.29) is 23.7 Å². The van der Waals surface area contributed by atoms with Crippen LogP contribution in [-0.4, -0.2) is 30.5 Å². The first-order valence-electron chi connectivity index (χ1n) is 6.94. The molecule has 1 unspecified atom stereocenters. The Morgan fingerprint density at radius 3 is 2.59 bits per heavy atom. The van der Waals surface area contributed by atoms with Gasteiger partial charge in [-0.3, -0.25) is 4.79 Å². The Hall–Kier alpha value is -1.34. The molecule has 22 heavy (non-hydrogen) atoms. The molecule has 3 rings (SSSR count). The summed E-state index contributed by atoms with van der Waals surface area (Å²) in [6.45, 7) is 2.32. The van der Waals surface area contributed by atoms with Crippen molar-refractivity contribution in [3.63, 3.8) is 0 Å². The van der Waals surface area contributed by atoms with Crippen LogP contribution in [0, 0.1) is 5.41 Å². The number of carbonyl (C=O) groups excluding carboxylic acids is 1. The van der Waals surface area contributed by atoms with Gasteiger partial charge in [-0.15, -0.1) is 12.4 Å². The van der Waals surface area contributed by atoms with Crippen molar-refractivity contribution in [1.82, 2.24) is 10.3 Å². The minimum absolute atomic E-state index is 0. The molecule has 0 bridgehead atoms. The van der Waals surface area contributed by atoms with Crippen molar-refractivity contribution >= 4 is 24.0 Å². The molecule has 1 aromatic rings. The molecule has 2 fully saturated rings. The lowest BCUT2D eigenvalue weighted by Gasteiger charge is -2.39. The molecular formula is C14H17ClF3N3O. The van der Waals surface area contributed by atoms with Crippen LogP contribution in [0.1, 0.15) is 25.0 Å². The second kappa shape index (κ2) is 6.04. The van der Waals surface area contributed by atoms with Crippen LogP contribution in [0.25, 0.3) is 0 Å². The minimum Gasteiger partial charge on any atom is -0.316 e. The van der Waals surface area contributed by atoms with E-state index in [1.165, 1.54) is 6.07 Å². The molecule has 2 aliphatic heterocycles. The molecule has 0 saturated carbocycles. The maximum Gasteiger partial charge on any atom is 0.433 e. The Balaban J connectivity index is 0.00000176. The molecule has 122 valence electrons. The first-order chi connectivity index (χ1) is 9.90. The topological polar surface area (TPSA) is 45.2 Å². The van der Waals surface area contributed by atoms with Gasteiger partial charge in [0.1, 0.15) is 5.69 Å². The highest BCUT2D eigenvalue weighted by atomic mass is 35.5. The van der Waals surface area contributed by atoms with Crippen molar-refractivity contribution in [2.24, 2.45) is 5.41 Å². The van der Waals surface area contributed by atoms with Crippen LogP contribution in [0.15, 0.2) is 18.3 Å². The van der Waals surface area contributed by atoms with E-state index in [0.717, 1.165) is 38.2 Å². The fourth-order valence-electron chi connectivity index (χ4n) is 3.10. The number of halogens is 4. The molecular weight excluding hydrogens is 319 g/mol. The number of nitrogens with zero attached hydrogens (tertiary/aromatic N) is 2. The summed E-state index contributed by atoms with van der Waals surface area (Å²) in [7, 11) is 0. The smallest absolute Gasteiger partial charge is 0.316 e. The molecule has 1 amide bonds. The Morgan fingerprint density at radius 2 is 2.05 bits per heavy atom. The Kier molecular flexibility index (Phi) is 4.67. The van der Waals surface area contributed by atoms with Gasteiger partial charge in [-0.1, -0.05) is 0 Å². The maximum atomic E-state index is 12.5. The van der Waals surface area contributed by atoms with Crippen LogP contribution in [0.4, 0.5) is 18.9 Å². The molecule has 2 aliphatic rings. The van der Waals surface area contributed by atoms with Crippen molar-refractivity contribution in [2.45, 2.75) is 25.4 Å². The molecule has 4 nitrogen and oxygen atoms in total. The van der Waals surface area contributed by atoms with E-state index in [4.69, 9.17) is 0 Å². The number of piperidine rings is 1. The minimum atomic E-state index is -4.46. The van der Waals surface area contributed by atoms with Crippen LogP contribution in [0.5, 0.6) is 0 Å². The standard InChI is InChI=1S/C14H16F3N3O.ClH/c15-14(16,17)11-2-1-10(7-19-11)20-9-13(4-3-12(20)21)5-6-18-8-13;/h1-2,7,18H,3-6,8-9H2;1H. The van der Waals surface area contributed by atoms with Gasteiger partial charge in [0.15, 0.2) is 0 Å². The van der Waals surface area contributed by atoms with Crippen LogP contribution in [0.3, 0.4) is 0 Å². The molecule has 2 saturated heterocycles. The van der Waals surface area contributed by atoms with Crippen molar-refractivity contribution in [3.05, 3.63) is 24.0 Å². The van der Waals surface area contributed by atoms with E-state index in [9.17, 15) is 18.0 Å². The highest BCUT2D eigenvalue weighted by Gasteiger charge is 2.41. The number of amides is 1. The van der Waals surface area contributed by atoms with Gasteiger partial charge >= 0.3 is 6.18 Å². The second-order valence-corrected chi connectivity index (χ2v) is 5.81. The van der Waals surface area contributed by atoms with Crippen molar-refractivity contribution in [1.29, 1.82) is 0 Å². The zero-order chi connectivity index (χ0) is 15.1. The molecule has 1 N–H and O–H groups in total. The largest absolute Gasteiger partial charge is 0.433 e. The van der Waals surface area contributed by atoms with Crippen LogP contribution in [0.2, 0.25) is 0 Å². The van der Waals surface area contributed by atoms with Gasteiger partial charge in [0, 0.05) is 24.9 Å². The lowest BCUT2D eigenvalue weighted by molar-refractivity contribution is -0.141. The van der Waals surface area contributed by atoms with Gasteiger partial charge in [-0.25, -0.2) is 4.98 Å². The first kappa shape index (κ1) is 17.0. The van der Waals surface area contributed by atoms with Crippen molar-refractivity contribution in [3.8, 4) is 0 Å². The zero-order valence-electron chi connectivity index (χ0n) is 11.8. The number of carbonyl (C=O) groups is 1. The zero-order valence-corrected chi connectivity index (χ0v) is 12.6. The van der Waals surface area contributed by atoms with Crippen LogP contribution >= 0.6 is 12.4 Å². The third kappa shape index (κ3) is 3.20. The van der Waals surface area contributed by atoms with Crippen molar-refractivity contribution in [2.75, 3.05) is 24.5 Å². The van der Waals surface area contributed by atoms with E-state index in [2.05, 4.69) is 10.3 Å². The highest BCUT2D eigenvalue weighted by molar-refractivity contribution is 5.94. The predicted octanol–water partition coefficient (Wildman–Crippen LogP) is 2.63. The summed E-state index contributed by atoms with van der Waals surface area (Å²) in [6.07, 6.45) is -1.06. The number of aromatic nitrogens is 1. The molecule has 1 aromatic heterocycles. The fraction of sp³-hybridized carbons (Fsp3) is 0.571. The number of rotatable bonds is 1. The summed E-state index contributed by atoms with van der Waals surface area (Å²) in [6, 6.07) is 2.26. The number of hydrogen-bond donors (Lipinski definition) is 1. The summed E-state index contributed by atoms with van der Waals surface area (Å²) in [4.78, 5) is 17.1. The van der Waals surface area contributed by atoms with E-state index >= 15 is 0 Å². The summed E-state index contributed by atoms with van der Waals surface area (Å²) < 4.78 is 37.6. The first-order valence-corrected chi connectivity index (χ1v) is 6.94. The SMILES string of the molecule is Cl.O=C1CCC2(CCNC2)CN1c1ccc(C(F)(F)F)nc1. The fourth-order valence-corrected chi connectivity index (χ4v) is 3.10. The molecule has 1 spiro atoms. The summed E-state index contributed by atoms with van der Waals surface area (Å²) in [5, 5.41) is 3.30. The van der Waals surface area contributed by atoms with Gasteiger partial charge in [-0.2, -0.15) is 13.2 Å². The molecule has 0 aromatic carbocycles. The average molecular weight is 336 g/mol. The normalized spacial score (nSPS) is 25.4. The average Bonchev–Trinajstić information content (AvgIpc) is 2.90. The van der Waals surface area contributed by atoms with E-state index in [1.807, 2.05) is 0 Å². The summed E-state index contributed by atoms with van der Waals surface area (Å²) >= 11 is 0. The van der Waals surface area contributed by atoms with Crippen LogP contribution < -0.4 is 10.2 Å². The van der Waals surface area contributed by atoms with Crippen LogP contribution in [-0.2, 0) is 11.0 Å². The van der Waals surface area contributed by atoms with Crippen molar-refractivity contribution < 1.29 is 18.0 Å². The van der Waals surface area contributed by atoms with Gasteiger partial charge in [0.2, 0.25) is 5.91 Å². The predicted molar refractivity (Wildman–Crippen MR) is 78.0 cm³/mol. The van der Waals surface area contributed by atoms with E-state index in [0.29, 0.717) is 18.7 Å². The Labute approximate surface area is 132 Å². The van der Waals surface area contributed by atoms with Gasteiger partial charge in [0.25, 0.3) is 0 Å². The maximum absolute atomic E-state index is 12.5. The summed E-state index contributed by atoms with van der Waals surface area (Å²) in [5.41, 5.74) is -0.441. The quantitative estimate of drug-likeness (QED) is 0.858. The second-order valence-electron chi connectivity index (χ2n) is 5.81. The summed E-state index contributed by atoms with van der Waals surface area (Å²) in [5.74, 6) is -0.0471. The van der Waals surface area contributed by atoms with E-state index in [1.54, 1.807) is 4.90 Å². The highest BCUT2D eigenvalue weighted by Crippen LogP contribution is 2.38. The Morgan fingerprint density at radius 1 is 1.27 bits per heavy atom. The molecule has 1 atom stereocenters. The third-order valence-corrected chi connectivity index (χ3v) is 4.35. The number of hydrogen-bond acceptors (Lipinski definition) is 3. The van der Waals surface area contributed by atoms with Gasteiger partial charge < -0.3 is 10.2 Å². The molecule has 0 radical (unpaired) electrons.